The molecule has 2 heterocycles. The second-order valence-electron chi connectivity index (χ2n) is 8.31. The maximum absolute atomic E-state index is 12.6. The highest BCUT2D eigenvalue weighted by atomic mass is 35.5. The molecule has 0 aliphatic carbocycles. The van der Waals surface area contributed by atoms with E-state index in [1.165, 1.54) is 5.56 Å². The van der Waals surface area contributed by atoms with Crippen molar-refractivity contribution < 1.29 is 4.79 Å². The number of aryl methyl sites for hydroxylation is 2. The number of hydrogen-bond donors (Lipinski definition) is 2. The maximum atomic E-state index is 12.6. The number of nitrogens with one attached hydrogen (secondary N) is 2. The Kier molecular flexibility index (Phi) is 6.14. The first-order chi connectivity index (χ1) is 16.5. The van der Waals surface area contributed by atoms with Crippen LogP contribution in [0.1, 0.15) is 34.7 Å². The van der Waals surface area contributed by atoms with Crippen molar-refractivity contribution >= 4 is 35.1 Å². The lowest BCUT2D eigenvalue weighted by atomic mass is 10.0. The van der Waals surface area contributed by atoms with Gasteiger partial charge in [-0.05, 0) is 48.2 Å². The number of carbonyl (C=O) groups excluding carboxylic acids is 1. The van der Waals surface area contributed by atoms with Crippen LogP contribution in [0.2, 0.25) is 5.02 Å². The van der Waals surface area contributed by atoms with Crippen molar-refractivity contribution in [3.8, 4) is 0 Å². The second kappa shape index (κ2) is 9.53. The van der Waals surface area contributed by atoms with Crippen molar-refractivity contribution in [2.45, 2.75) is 25.8 Å². The van der Waals surface area contributed by atoms with Gasteiger partial charge in [0.15, 0.2) is 0 Å². The van der Waals surface area contributed by atoms with Gasteiger partial charge in [0, 0.05) is 17.1 Å². The van der Waals surface area contributed by atoms with Gasteiger partial charge in [0.2, 0.25) is 11.9 Å². The monoisotopic (exact) mass is 469 g/mol. The normalized spacial score (nSPS) is 14.6. The van der Waals surface area contributed by atoms with E-state index in [1.807, 2.05) is 54.6 Å². The van der Waals surface area contributed by atoms with Crippen molar-refractivity contribution in [1.29, 1.82) is 0 Å². The molecule has 0 saturated heterocycles. The van der Waals surface area contributed by atoms with Crippen molar-refractivity contribution in [2.24, 2.45) is 0 Å². The first kappa shape index (κ1) is 21.9. The summed E-state index contributed by atoms with van der Waals surface area (Å²) >= 11 is 6.08. The van der Waals surface area contributed by atoms with Crippen molar-refractivity contribution in [3.63, 3.8) is 0 Å². The summed E-state index contributed by atoms with van der Waals surface area (Å²) in [5.74, 6) is 0.726. The summed E-state index contributed by atoms with van der Waals surface area (Å²) in [5, 5.41) is 11.5. The van der Waals surface area contributed by atoms with Gasteiger partial charge in [0.25, 0.3) is 5.95 Å². The van der Waals surface area contributed by atoms with Crippen LogP contribution < -0.4 is 10.6 Å². The smallest absolute Gasteiger partial charge is 0.250 e. The molecule has 4 aromatic rings. The Bertz CT molecular complexity index is 1330. The lowest BCUT2D eigenvalue weighted by molar-refractivity contribution is -0.116. The van der Waals surface area contributed by atoms with E-state index in [-0.39, 0.29) is 17.9 Å². The maximum Gasteiger partial charge on any atom is 0.250 e. The molecule has 3 aromatic carbocycles. The highest BCUT2D eigenvalue weighted by molar-refractivity contribution is 6.30. The Morgan fingerprint density at radius 3 is 2.50 bits per heavy atom. The molecular formula is C27H24ClN5O. The number of halogens is 1. The molecule has 1 amide bonds. The van der Waals surface area contributed by atoms with Crippen molar-refractivity contribution in [2.75, 3.05) is 10.6 Å². The Hall–Kier alpha value is -3.90. The lowest BCUT2D eigenvalue weighted by Gasteiger charge is -2.24. The van der Waals surface area contributed by atoms with Crippen LogP contribution in [-0.2, 0) is 11.2 Å². The number of anilines is 2. The summed E-state index contributed by atoms with van der Waals surface area (Å²) in [6.07, 6.45) is 3.13. The molecule has 7 heteroatoms. The van der Waals surface area contributed by atoms with Crippen LogP contribution in [0, 0.1) is 6.92 Å². The molecule has 0 unspecified atom stereocenters. The molecule has 6 nitrogen and oxygen atoms in total. The van der Waals surface area contributed by atoms with Gasteiger partial charge in [0.1, 0.15) is 6.04 Å². The fourth-order valence-electron chi connectivity index (χ4n) is 3.93. The first-order valence-corrected chi connectivity index (χ1v) is 11.5. The number of hydrogen-bond acceptors (Lipinski definition) is 4. The van der Waals surface area contributed by atoms with Gasteiger partial charge in [-0.1, -0.05) is 83.9 Å². The number of rotatable bonds is 6. The fraction of sp³-hybridized carbons (Fsp3) is 0.148. The van der Waals surface area contributed by atoms with E-state index in [4.69, 9.17) is 11.6 Å². The fourth-order valence-corrected chi connectivity index (χ4v) is 4.06. The van der Waals surface area contributed by atoms with Gasteiger partial charge in [-0.15, -0.1) is 5.10 Å². The van der Waals surface area contributed by atoms with E-state index < -0.39 is 0 Å². The van der Waals surface area contributed by atoms with Crippen LogP contribution in [0.4, 0.5) is 11.9 Å². The lowest BCUT2D eigenvalue weighted by Crippen LogP contribution is -2.20. The molecule has 2 N–H and O–H groups in total. The standard InChI is InChI=1S/C27H24ClN5O/c1-18-7-10-21(11-8-18)24-17-23(20-12-14-22(28)15-13-20)29-27-31-26(32-33(24)27)30-25(34)16-9-19-5-3-2-4-6-19/h2-8,10-15,17,24H,9,16H2,1H3,(H2,29,30,31,32,34)/t24-/m0/s1. The molecule has 0 saturated carbocycles. The van der Waals surface area contributed by atoms with E-state index in [2.05, 4.69) is 58.0 Å². The van der Waals surface area contributed by atoms with Crippen LogP contribution in [-0.4, -0.2) is 20.7 Å². The van der Waals surface area contributed by atoms with Gasteiger partial charge in [-0.25, -0.2) is 4.68 Å². The number of carbonyl (C=O) groups is 1. The SMILES string of the molecule is Cc1ccc([C@@H]2C=C(c3ccc(Cl)cc3)Nc3nc(NC(=O)CCc4ccccc4)nn32)cc1. The van der Waals surface area contributed by atoms with Gasteiger partial charge < -0.3 is 5.32 Å². The van der Waals surface area contributed by atoms with Crippen LogP contribution in [0.3, 0.4) is 0 Å². The minimum Gasteiger partial charge on any atom is -0.324 e. The average molecular weight is 470 g/mol. The quantitative estimate of drug-likeness (QED) is 0.370. The molecule has 0 radical (unpaired) electrons. The molecular weight excluding hydrogens is 446 g/mol. The number of fused-ring (bicyclic) bond motifs is 1. The summed E-state index contributed by atoms with van der Waals surface area (Å²) in [7, 11) is 0. The number of aromatic nitrogens is 3. The molecule has 1 aromatic heterocycles. The van der Waals surface area contributed by atoms with E-state index in [9.17, 15) is 4.79 Å². The third kappa shape index (κ3) is 4.87. The summed E-state index contributed by atoms with van der Waals surface area (Å²) in [4.78, 5) is 17.1. The number of benzene rings is 3. The molecule has 0 spiro atoms. The van der Waals surface area contributed by atoms with Gasteiger partial charge >= 0.3 is 0 Å². The Morgan fingerprint density at radius 2 is 1.76 bits per heavy atom. The molecule has 0 fully saturated rings. The Morgan fingerprint density at radius 1 is 1.03 bits per heavy atom. The Labute approximate surface area is 203 Å². The zero-order valence-corrected chi connectivity index (χ0v) is 19.5. The third-order valence-corrected chi connectivity index (χ3v) is 6.03. The number of amides is 1. The number of allylic oxidation sites excluding steroid dienone is 1. The predicted octanol–water partition coefficient (Wildman–Crippen LogP) is 5.87. The zero-order chi connectivity index (χ0) is 23.5. The van der Waals surface area contributed by atoms with Crippen LogP contribution in [0.15, 0.2) is 84.9 Å². The largest absolute Gasteiger partial charge is 0.324 e. The summed E-state index contributed by atoms with van der Waals surface area (Å²) < 4.78 is 1.80. The van der Waals surface area contributed by atoms with E-state index >= 15 is 0 Å². The summed E-state index contributed by atoms with van der Waals surface area (Å²) in [6, 6.07) is 25.7. The van der Waals surface area contributed by atoms with E-state index in [0.29, 0.717) is 23.8 Å². The molecule has 170 valence electrons. The highest BCUT2D eigenvalue weighted by Gasteiger charge is 2.25. The van der Waals surface area contributed by atoms with Gasteiger partial charge in [-0.3, -0.25) is 10.1 Å². The van der Waals surface area contributed by atoms with Crippen molar-refractivity contribution in [1.82, 2.24) is 14.8 Å². The molecule has 34 heavy (non-hydrogen) atoms. The molecule has 1 aliphatic rings. The number of nitrogens with zero attached hydrogens (tertiary/aromatic N) is 3. The summed E-state index contributed by atoms with van der Waals surface area (Å²) in [6.45, 7) is 2.06. The second-order valence-corrected chi connectivity index (χ2v) is 8.74. The predicted molar refractivity (Wildman–Crippen MR) is 136 cm³/mol. The van der Waals surface area contributed by atoms with Crippen LogP contribution in [0.25, 0.3) is 5.70 Å². The first-order valence-electron chi connectivity index (χ1n) is 11.2. The Balaban J connectivity index is 1.40. The van der Waals surface area contributed by atoms with Crippen LogP contribution >= 0.6 is 11.6 Å². The molecule has 1 atom stereocenters. The third-order valence-electron chi connectivity index (χ3n) is 5.77. The highest BCUT2D eigenvalue weighted by Crippen LogP contribution is 2.33. The summed E-state index contributed by atoms with van der Waals surface area (Å²) in [5.41, 5.74) is 5.28. The zero-order valence-electron chi connectivity index (χ0n) is 18.7. The minimum atomic E-state index is -0.176. The average Bonchev–Trinajstić information content (AvgIpc) is 3.26. The van der Waals surface area contributed by atoms with Gasteiger partial charge in [-0.2, -0.15) is 4.98 Å². The molecule has 0 bridgehead atoms. The van der Waals surface area contributed by atoms with Crippen molar-refractivity contribution in [3.05, 3.63) is 112 Å². The molecule has 5 rings (SSSR count). The topological polar surface area (TPSA) is 71.8 Å². The molecule has 1 aliphatic heterocycles. The van der Waals surface area contributed by atoms with Gasteiger partial charge in [0.05, 0.1) is 0 Å². The van der Waals surface area contributed by atoms with E-state index in [0.717, 1.165) is 22.4 Å². The van der Waals surface area contributed by atoms with Crippen LogP contribution in [0.5, 0.6) is 0 Å². The minimum absolute atomic E-state index is 0.121. The van der Waals surface area contributed by atoms with E-state index in [1.54, 1.807) is 4.68 Å².